The quantitative estimate of drug-likeness (QED) is 0.752. The van der Waals surface area contributed by atoms with Crippen LogP contribution in [0.2, 0.25) is 0 Å². The van der Waals surface area contributed by atoms with E-state index in [1.54, 1.807) is 11.3 Å². The van der Waals surface area contributed by atoms with Crippen molar-refractivity contribution in [2.24, 2.45) is 5.92 Å². The molecule has 0 aliphatic carbocycles. The minimum Gasteiger partial charge on any atom is -0.440 e. The summed E-state index contributed by atoms with van der Waals surface area (Å²) in [6.45, 7) is 5.54. The molecule has 2 aromatic heterocycles. The second-order valence-electron chi connectivity index (χ2n) is 6.91. The molecule has 0 unspecified atom stereocenters. The number of hydrogen-bond donors (Lipinski definition) is 1. The summed E-state index contributed by atoms with van der Waals surface area (Å²) in [5.74, 6) is 0.0706. The van der Waals surface area contributed by atoms with Gasteiger partial charge < -0.3 is 9.73 Å². The maximum Gasteiger partial charge on any atom is 0.287 e. The topological polar surface area (TPSA) is 92.5 Å². The number of sulfone groups is 1. The molecule has 0 aromatic carbocycles. The SMILES string of the molecule is CCc1nc(CN2CCC(CNC(=O)c3ccc(S(C)(=O)=O)o3)CC2)cs1. The first-order valence-electron chi connectivity index (χ1n) is 9.09. The molecule has 1 fully saturated rings. The molecule has 0 saturated carbocycles. The molecule has 3 heterocycles. The highest BCUT2D eigenvalue weighted by atomic mass is 32.2. The average Bonchev–Trinajstić information content (AvgIpc) is 3.30. The Kier molecular flexibility index (Phi) is 6.33. The van der Waals surface area contributed by atoms with Crippen LogP contribution < -0.4 is 5.32 Å². The van der Waals surface area contributed by atoms with Gasteiger partial charge >= 0.3 is 0 Å². The summed E-state index contributed by atoms with van der Waals surface area (Å²) in [5, 5.41) is 5.98. The molecule has 0 spiro atoms. The molecule has 1 aliphatic rings. The Morgan fingerprint density at radius 3 is 2.70 bits per heavy atom. The van der Waals surface area contributed by atoms with Gasteiger partial charge in [-0.05, 0) is 50.4 Å². The van der Waals surface area contributed by atoms with Crippen molar-refractivity contribution in [3.05, 3.63) is 34.0 Å². The van der Waals surface area contributed by atoms with Gasteiger partial charge in [0.2, 0.25) is 14.9 Å². The first-order valence-corrected chi connectivity index (χ1v) is 11.9. The highest BCUT2D eigenvalue weighted by Crippen LogP contribution is 2.20. The van der Waals surface area contributed by atoms with Gasteiger partial charge in [0.15, 0.2) is 5.76 Å². The molecule has 0 atom stereocenters. The van der Waals surface area contributed by atoms with Crippen molar-refractivity contribution in [1.29, 1.82) is 0 Å². The van der Waals surface area contributed by atoms with Gasteiger partial charge in [0.1, 0.15) is 0 Å². The average molecular weight is 412 g/mol. The number of aryl methyl sites for hydroxylation is 1. The summed E-state index contributed by atoms with van der Waals surface area (Å²) in [7, 11) is -3.44. The standard InChI is InChI=1S/C18H25N3O4S2/c1-3-16-20-14(12-26-16)11-21-8-6-13(7-9-21)10-19-18(22)15-4-5-17(25-15)27(2,23)24/h4-5,12-13H,3,6-11H2,1-2H3,(H,19,22). The molecule has 9 heteroatoms. The highest BCUT2D eigenvalue weighted by molar-refractivity contribution is 7.90. The van der Waals surface area contributed by atoms with Crippen LogP contribution in [0.1, 0.15) is 41.0 Å². The summed E-state index contributed by atoms with van der Waals surface area (Å²) in [6.07, 6.45) is 4.05. The number of likely N-dealkylation sites (tertiary alicyclic amines) is 1. The number of rotatable bonds is 7. The number of furan rings is 1. The van der Waals surface area contributed by atoms with Crippen LogP contribution in [0, 0.1) is 5.92 Å². The van der Waals surface area contributed by atoms with Gasteiger partial charge in [-0.2, -0.15) is 0 Å². The normalized spacial score (nSPS) is 16.5. The lowest BCUT2D eigenvalue weighted by Crippen LogP contribution is -2.38. The Labute approximate surface area is 163 Å². The predicted octanol–water partition coefficient (Wildman–Crippen LogP) is 2.34. The van der Waals surface area contributed by atoms with E-state index in [0.717, 1.165) is 50.8 Å². The zero-order valence-electron chi connectivity index (χ0n) is 15.6. The van der Waals surface area contributed by atoms with Crippen molar-refractivity contribution in [2.45, 2.75) is 37.8 Å². The van der Waals surface area contributed by atoms with E-state index in [2.05, 4.69) is 27.5 Å². The molecule has 3 rings (SSSR count). The van der Waals surface area contributed by atoms with E-state index in [9.17, 15) is 13.2 Å². The lowest BCUT2D eigenvalue weighted by molar-refractivity contribution is 0.0902. The minimum absolute atomic E-state index is 0.0307. The maximum atomic E-state index is 12.1. The largest absolute Gasteiger partial charge is 0.440 e. The molecule has 0 radical (unpaired) electrons. The van der Waals surface area contributed by atoms with E-state index in [-0.39, 0.29) is 16.8 Å². The zero-order chi connectivity index (χ0) is 19.4. The van der Waals surface area contributed by atoms with Crippen LogP contribution in [0.15, 0.2) is 27.0 Å². The number of nitrogens with zero attached hydrogens (tertiary/aromatic N) is 2. The number of hydrogen-bond acceptors (Lipinski definition) is 7. The van der Waals surface area contributed by atoms with Gasteiger partial charge in [-0.3, -0.25) is 9.69 Å². The van der Waals surface area contributed by atoms with Crippen molar-refractivity contribution < 1.29 is 17.6 Å². The molecule has 1 aliphatic heterocycles. The monoisotopic (exact) mass is 411 g/mol. The van der Waals surface area contributed by atoms with Gasteiger partial charge in [-0.1, -0.05) is 6.92 Å². The Morgan fingerprint density at radius 1 is 1.37 bits per heavy atom. The van der Waals surface area contributed by atoms with E-state index < -0.39 is 9.84 Å². The van der Waals surface area contributed by atoms with Crippen LogP contribution in [-0.4, -0.2) is 50.1 Å². The Balaban J connectivity index is 1.42. The minimum atomic E-state index is -3.44. The highest BCUT2D eigenvalue weighted by Gasteiger charge is 2.22. The lowest BCUT2D eigenvalue weighted by Gasteiger charge is -2.31. The molecule has 0 bridgehead atoms. The molecular formula is C18H25N3O4S2. The summed E-state index contributed by atoms with van der Waals surface area (Å²) in [6, 6.07) is 2.71. The summed E-state index contributed by atoms with van der Waals surface area (Å²) in [4.78, 5) is 19.2. The first kappa shape index (κ1) is 20.0. The van der Waals surface area contributed by atoms with E-state index in [1.807, 2.05) is 0 Å². The number of amides is 1. The number of piperidine rings is 1. The molecule has 1 amide bonds. The molecule has 1 N–H and O–H groups in total. The first-order chi connectivity index (χ1) is 12.8. The molecular weight excluding hydrogens is 386 g/mol. The molecule has 148 valence electrons. The van der Waals surface area contributed by atoms with Crippen LogP contribution in [-0.2, 0) is 22.8 Å². The second kappa shape index (κ2) is 8.53. The predicted molar refractivity (Wildman–Crippen MR) is 104 cm³/mol. The lowest BCUT2D eigenvalue weighted by atomic mass is 9.96. The number of aromatic nitrogens is 1. The van der Waals surface area contributed by atoms with Gasteiger partial charge in [-0.15, -0.1) is 11.3 Å². The van der Waals surface area contributed by atoms with Crippen LogP contribution in [0.25, 0.3) is 0 Å². The van der Waals surface area contributed by atoms with Crippen LogP contribution in [0.4, 0.5) is 0 Å². The van der Waals surface area contributed by atoms with Gasteiger partial charge in [0.05, 0.1) is 10.7 Å². The van der Waals surface area contributed by atoms with Crippen LogP contribution in [0.5, 0.6) is 0 Å². The van der Waals surface area contributed by atoms with Crippen LogP contribution >= 0.6 is 11.3 Å². The zero-order valence-corrected chi connectivity index (χ0v) is 17.2. The number of carbonyl (C=O) groups is 1. The third kappa shape index (κ3) is 5.40. The summed E-state index contributed by atoms with van der Waals surface area (Å²) in [5.41, 5.74) is 1.14. The van der Waals surface area contributed by atoms with Crippen molar-refractivity contribution >= 4 is 27.1 Å². The molecule has 1 saturated heterocycles. The van der Waals surface area contributed by atoms with Gasteiger partial charge in [-0.25, -0.2) is 13.4 Å². The van der Waals surface area contributed by atoms with Gasteiger partial charge in [0.25, 0.3) is 5.91 Å². The Bertz CT molecular complexity index is 880. The fraction of sp³-hybridized carbons (Fsp3) is 0.556. The number of carbonyl (C=O) groups excluding carboxylic acids is 1. The third-order valence-electron chi connectivity index (χ3n) is 4.72. The maximum absolute atomic E-state index is 12.1. The fourth-order valence-corrected chi connectivity index (χ4v) is 4.42. The van der Waals surface area contributed by atoms with E-state index in [1.165, 1.54) is 17.1 Å². The fourth-order valence-electron chi connectivity index (χ4n) is 3.13. The Hall–Kier alpha value is -1.71. The van der Waals surface area contributed by atoms with Crippen molar-refractivity contribution in [3.63, 3.8) is 0 Å². The van der Waals surface area contributed by atoms with Crippen molar-refractivity contribution in [3.8, 4) is 0 Å². The Morgan fingerprint density at radius 2 is 2.11 bits per heavy atom. The third-order valence-corrected chi connectivity index (χ3v) is 6.71. The smallest absolute Gasteiger partial charge is 0.287 e. The summed E-state index contributed by atoms with van der Waals surface area (Å²) >= 11 is 1.72. The van der Waals surface area contributed by atoms with Gasteiger partial charge in [0, 0.05) is 24.7 Å². The molecule has 2 aromatic rings. The number of nitrogens with one attached hydrogen (secondary N) is 1. The molecule has 7 nitrogen and oxygen atoms in total. The van der Waals surface area contributed by atoms with Crippen molar-refractivity contribution in [1.82, 2.24) is 15.2 Å². The summed E-state index contributed by atoms with van der Waals surface area (Å²) < 4.78 is 28.0. The van der Waals surface area contributed by atoms with Crippen molar-refractivity contribution in [2.75, 3.05) is 25.9 Å². The van der Waals surface area contributed by atoms with E-state index in [0.29, 0.717) is 12.5 Å². The number of thiazole rings is 1. The van der Waals surface area contributed by atoms with E-state index in [4.69, 9.17) is 4.42 Å². The van der Waals surface area contributed by atoms with Crippen LogP contribution in [0.3, 0.4) is 0 Å². The second-order valence-corrected chi connectivity index (χ2v) is 9.80. The van der Waals surface area contributed by atoms with E-state index >= 15 is 0 Å². The molecule has 27 heavy (non-hydrogen) atoms.